The maximum absolute atomic E-state index is 12.4. The van der Waals surface area contributed by atoms with Crippen LogP contribution in [0.3, 0.4) is 0 Å². The lowest BCUT2D eigenvalue weighted by Crippen LogP contribution is -2.43. The van der Waals surface area contributed by atoms with Crippen molar-refractivity contribution in [3.05, 3.63) is 83.9 Å². The van der Waals surface area contributed by atoms with Gasteiger partial charge in [-0.05, 0) is 72.9 Å². The van der Waals surface area contributed by atoms with Gasteiger partial charge in [0.05, 0.1) is 6.04 Å². The Hall–Kier alpha value is -3.64. The van der Waals surface area contributed by atoms with Gasteiger partial charge in [0.15, 0.2) is 0 Å². The van der Waals surface area contributed by atoms with E-state index in [2.05, 4.69) is 35.8 Å². The quantitative estimate of drug-likeness (QED) is 0.447. The lowest BCUT2D eigenvalue weighted by molar-refractivity contribution is -0.117. The lowest BCUT2D eigenvalue weighted by atomic mass is 9.88. The van der Waals surface area contributed by atoms with Gasteiger partial charge in [0, 0.05) is 43.1 Å². The number of carbonyl (C=O) groups is 2. The highest BCUT2D eigenvalue weighted by Crippen LogP contribution is 2.41. The summed E-state index contributed by atoms with van der Waals surface area (Å²) in [5.41, 5.74) is 5.68. The molecule has 0 saturated heterocycles. The number of fused-ring (bicyclic) bond motifs is 1. The first-order valence-corrected chi connectivity index (χ1v) is 11.7. The zero-order chi connectivity index (χ0) is 24.1. The predicted molar refractivity (Wildman–Crippen MR) is 136 cm³/mol. The maximum Gasteiger partial charge on any atom is 0.251 e. The van der Waals surface area contributed by atoms with E-state index in [0.29, 0.717) is 18.5 Å². The Labute approximate surface area is 200 Å². The minimum atomic E-state index is -0.149. The molecule has 0 radical (unpaired) electrons. The Balaban J connectivity index is 1.64. The molecule has 1 aliphatic rings. The van der Waals surface area contributed by atoms with Crippen LogP contribution >= 0.6 is 0 Å². The van der Waals surface area contributed by atoms with E-state index in [0.717, 1.165) is 34.5 Å². The van der Waals surface area contributed by atoms with Crippen LogP contribution in [0.15, 0.2) is 72.8 Å². The first kappa shape index (κ1) is 23.5. The van der Waals surface area contributed by atoms with E-state index in [1.165, 1.54) is 0 Å². The van der Waals surface area contributed by atoms with Crippen LogP contribution in [0.2, 0.25) is 0 Å². The molecule has 2 atom stereocenters. The maximum atomic E-state index is 12.4. The van der Waals surface area contributed by atoms with Gasteiger partial charge in [0.2, 0.25) is 5.91 Å². The zero-order valence-electron chi connectivity index (χ0n) is 19.6. The fourth-order valence-electron chi connectivity index (χ4n) is 4.59. The second kappa shape index (κ2) is 10.5. The van der Waals surface area contributed by atoms with Gasteiger partial charge in [-0.1, -0.05) is 36.4 Å². The highest BCUT2D eigenvalue weighted by atomic mass is 16.3. The van der Waals surface area contributed by atoms with Crippen molar-refractivity contribution in [3.63, 3.8) is 0 Å². The van der Waals surface area contributed by atoms with Gasteiger partial charge in [-0.2, -0.15) is 0 Å². The molecule has 0 bridgehead atoms. The van der Waals surface area contributed by atoms with Crippen molar-refractivity contribution in [3.8, 4) is 11.1 Å². The molecule has 0 aromatic heterocycles. The van der Waals surface area contributed by atoms with E-state index < -0.39 is 0 Å². The first-order valence-electron chi connectivity index (χ1n) is 11.7. The van der Waals surface area contributed by atoms with Crippen molar-refractivity contribution < 1.29 is 14.7 Å². The van der Waals surface area contributed by atoms with Crippen LogP contribution in [0.25, 0.3) is 11.1 Å². The SMILES string of the molecule is CC(=O)N1c2ccc(-c3ccc(C(=O)NCCCO)cc3)cc2[C@H](Nc2ccccc2)C[C@@H]1C. The number of carbonyl (C=O) groups excluding carboxylic acids is 2. The molecule has 3 N–H and O–H groups in total. The Morgan fingerprint density at radius 2 is 1.71 bits per heavy atom. The van der Waals surface area contributed by atoms with Gasteiger partial charge in [-0.15, -0.1) is 0 Å². The first-order chi connectivity index (χ1) is 16.5. The average Bonchev–Trinajstić information content (AvgIpc) is 2.84. The smallest absolute Gasteiger partial charge is 0.251 e. The third kappa shape index (κ3) is 5.13. The fraction of sp³-hybridized carbons (Fsp3) is 0.286. The topological polar surface area (TPSA) is 81.7 Å². The minimum Gasteiger partial charge on any atom is -0.396 e. The van der Waals surface area contributed by atoms with Crippen molar-refractivity contribution in [2.45, 2.75) is 38.8 Å². The average molecular weight is 458 g/mol. The van der Waals surface area contributed by atoms with Crippen molar-refractivity contribution in [2.75, 3.05) is 23.4 Å². The highest BCUT2D eigenvalue weighted by Gasteiger charge is 2.32. The van der Waals surface area contributed by atoms with Crippen LogP contribution < -0.4 is 15.5 Å². The summed E-state index contributed by atoms with van der Waals surface area (Å²) in [5.74, 6) is -0.111. The molecule has 3 aromatic carbocycles. The van der Waals surface area contributed by atoms with Crippen molar-refractivity contribution in [1.82, 2.24) is 5.32 Å². The number of hydrogen-bond donors (Lipinski definition) is 3. The number of para-hydroxylation sites is 1. The molecule has 4 rings (SSSR count). The fourth-order valence-corrected chi connectivity index (χ4v) is 4.59. The Morgan fingerprint density at radius 3 is 2.38 bits per heavy atom. The standard InChI is InChI=1S/C28H31N3O3/c1-19-17-26(30-24-7-4-3-5-8-24)25-18-23(13-14-27(25)31(19)20(2)33)21-9-11-22(12-10-21)28(34)29-15-6-16-32/h3-5,7-14,18-19,26,30,32H,6,15-17H2,1-2H3,(H,29,34)/t19-,26+/m0/s1. The molecule has 0 saturated carbocycles. The minimum absolute atomic E-state index is 0.0382. The van der Waals surface area contributed by atoms with Crippen LogP contribution in [0, 0.1) is 0 Å². The molecule has 6 heteroatoms. The van der Waals surface area contributed by atoms with Gasteiger partial charge in [0.25, 0.3) is 5.91 Å². The van der Waals surface area contributed by atoms with E-state index in [9.17, 15) is 9.59 Å². The summed E-state index contributed by atoms with van der Waals surface area (Å²) in [5, 5.41) is 15.3. The molecule has 0 aliphatic carbocycles. The van der Waals surface area contributed by atoms with Crippen LogP contribution in [-0.2, 0) is 4.79 Å². The van der Waals surface area contributed by atoms with Crippen molar-refractivity contribution in [2.24, 2.45) is 0 Å². The van der Waals surface area contributed by atoms with Gasteiger partial charge < -0.3 is 20.6 Å². The van der Waals surface area contributed by atoms with E-state index in [1.807, 2.05) is 59.5 Å². The van der Waals surface area contributed by atoms with E-state index >= 15 is 0 Å². The summed E-state index contributed by atoms with van der Waals surface area (Å²) < 4.78 is 0. The summed E-state index contributed by atoms with van der Waals surface area (Å²) in [6.07, 6.45) is 1.34. The van der Waals surface area contributed by atoms with Gasteiger partial charge in [0.1, 0.15) is 0 Å². The number of aliphatic hydroxyl groups is 1. The van der Waals surface area contributed by atoms with Crippen LogP contribution in [0.1, 0.15) is 48.7 Å². The zero-order valence-corrected chi connectivity index (χ0v) is 19.6. The Kier molecular flexibility index (Phi) is 7.28. The van der Waals surface area contributed by atoms with Crippen LogP contribution in [-0.4, -0.2) is 36.1 Å². The largest absolute Gasteiger partial charge is 0.396 e. The normalized spacial score (nSPS) is 17.1. The predicted octanol–water partition coefficient (Wildman–Crippen LogP) is 4.76. The van der Waals surface area contributed by atoms with Crippen molar-refractivity contribution in [1.29, 1.82) is 0 Å². The van der Waals surface area contributed by atoms with E-state index in [-0.39, 0.29) is 30.5 Å². The van der Waals surface area contributed by atoms with Crippen molar-refractivity contribution >= 4 is 23.2 Å². The third-order valence-corrected chi connectivity index (χ3v) is 6.23. The molecular formula is C28H31N3O3. The number of anilines is 2. The summed E-state index contributed by atoms with van der Waals surface area (Å²) in [7, 11) is 0. The number of amides is 2. The third-order valence-electron chi connectivity index (χ3n) is 6.23. The van der Waals surface area contributed by atoms with Crippen LogP contribution in [0.4, 0.5) is 11.4 Å². The molecule has 6 nitrogen and oxygen atoms in total. The number of benzene rings is 3. The van der Waals surface area contributed by atoms with Gasteiger partial charge >= 0.3 is 0 Å². The summed E-state index contributed by atoms with van der Waals surface area (Å²) >= 11 is 0. The number of rotatable bonds is 7. The lowest BCUT2D eigenvalue weighted by Gasteiger charge is -2.39. The van der Waals surface area contributed by atoms with E-state index in [1.54, 1.807) is 6.92 Å². The molecule has 0 spiro atoms. The molecule has 34 heavy (non-hydrogen) atoms. The molecule has 2 amide bonds. The molecule has 3 aromatic rings. The number of nitrogens with zero attached hydrogens (tertiary/aromatic N) is 1. The van der Waals surface area contributed by atoms with E-state index in [4.69, 9.17) is 5.11 Å². The number of nitrogens with one attached hydrogen (secondary N) is 2. The number of hydrogen-bond acceptors (Lipinski definition) is 4. The highest BCUT2D eigenvalue weighted by molar-refractivity contribution is 5.95. The Bertz CT molecular complexity index is 1150. The second-order valence-corrected chi connectivity index (χ2v) is 8.72. The monoisotopic (exact) mass is 457 g/mol. The molecule has 176 valence electrons. The molecule has 0 fully saturated rings. The summed E-state index contributed by atoms with van der Waals surface area (Å²) in [6, 6.07) is 24.0. The Morgan fingerprint density at radius 1 is 1.00 bits per heavy atom. The van der Waals surface area contributed by atoms with Gasteiger partial charge in [-0.25, -0.2) is 0 Å². The molecule has 0 unspecified atom stereocenters. The van der Waals surface area contributed by atoms with Gasteiger partial charge in [-0.3, -0.25) is 9.59 Å². The molecular weight excluding hydrogens is 426 g/mol. The molecule has 1 aliphatic heterocycles. The summed E-state index contributed by atoms with van der Waals surface area (Å²) in [6.45, 7) is 4.20. The summed E-state index contributed by atoms with van der Waals surface area (Å²) in [4.78, 5) is 26.6. The van der Waals surface area contributed by atoms with Crippen LogP contribution in [0.5, 0.6) is 0 Å². The molecule has 1 heterocycles. The second-order valence-electron chi connectivity index (χ2n) is 8.72. The number of aliphatic hydroxyl groups excluding tert-OH is 1.